The molecule has 0 atom stereocenters. The molecule has 0 amide bonds. The summed E-state index contributed by atoms with van der Waals surface area (Å²) in [7, 11) is 2.03. The molecular formula is C15H20ClNO2. The van der Waals surface area contributed by atoms with Crippen molar-refractivity contribution in [2.75, 3.05) is 18.5 Å². The number of halogens is 1. The number of benzene rings is 1. The average Bonchev–Trinajstić information content (AvgIpc) is 2.34. The van der Waals surface area contributed by atoms with Crippen molar-refractivity contribution >= 4 is 29.3 Å². The third-order valence-corrected chi connectivity index (χ3v) is 3.20. The molecule has 0 aliphatic heterocycles. The highest BCUT2D eigenvalue weighted by Gasteiger charge is 2.05. The molecule has 0 saturated carbocycles. The molecule has 0 aliphatic rings. The van der Waals surface area contributed by atoms with E-state index in [9.17, 15) is 4.79 Å². The molecule has 0 spiro atoms. The summed E-state index contributed by atoms with van der Waals surface area (Å²) in [5.74, 6) is -0.315. The lowest BCUT2D eigenvalue weighted by molar-refractivity contribution is -0.131. The van der Waals surface area contributed by atoms with Gasteiger partial charge in [-0.05, 0) is 36.1 Å². The van der Waals surface area contributed by atoms with Gasteiger partial charge in [-0.2, -0.15) is 0 Å². The predicted molar refractivity (Wildman–Crippen MR) is 80.8 cm³/mol. The van der Waals surface area contributed by atoms with Crippen LogP contribution in [-0.4, -0.2) is 24.7 Å². The standard InChI is InChI=1S/C15H20ClNO2/c1-11(2)8-9-17(3)13-6-4-12(14(16)10-13)5-7-15(18)19/h4-7,10-11H,8-9H2,1-3H3,(H,18,19)/b7-5+. The number of anilines is 1. The van der Waals surface area contributed by atoms with Crippen LogP contribution >= 0.6 is 11.6 Å². The topological polar surface area (TPSA) is 40.5 Å². The van der Waals surface area contributed by atoms with Gasteiger partial charge in [0.25, 0.3) is 0 Å². The third kappa shape index (κ3) is 5.35. The van der Waals surface area contributed by atoms with E-state index < -0.39 is 5.97 Å². The largest absolute Gasteiger partial charge is 0.478 e. The lowest BCUT2D eigenvalue weighted by Gasteiger charge is -2.21. The molecule has 1 aromatic rings. The first-order valence-corrected chi connectivity index (χ1v) is 6.69. The Morgan fingerprint density at radius 2 is 2.16 bits per heavy atom. The number of carboxylic acids is 1. The van der Waals surface area contributed by atoms with E-state index in [0.717, 1.165) is 24.7 Å². The van der Waals surface area contributed by atoms with Crippen molar-refractivity contribution in [3.05, 3.63) is 34.9 Å². The van der Waals surface area contributed by atoms with Gasteiger partial charge in [0.05, 0.1) is 0 Å². The normalized spacial score (nSPS) is 11.2. The van der Waals surface area contributed by atoms with Crippen LogP contribution in [0.2, 0.25) is 5.02 Å². The number of rotatable bonds is 6. The Bertz CT molecular complexity index is 469. The summed E-state index contributed by atoms with van der Waals surface area (Å²) in [5.41, 5.74) is 1.75. The van der Waals surface area contributed by atoms with E-state index in [0.29, 0.717) is 16.5 Å². The number of aliphatic carboxylic acids is 1. The van der Waals surface area contributed by atoms with Crippen molar-refractivity contribution in [3.8, 4) is 0 Å². The van der Waals surface area contributed by atoms with Gasteiger partial charge in [0, 0.05) is 30.4 Å². The van der Waals surface area contributed by atoms with Crippen LogP contribution in [0.4, 0.5) is 5.69 Å². The first kappa shape index (κ1) is 15.6. The summed E-state index contributed by atoms with van der Waals surface area (Å²) in [5, 5.41) is 9.15. The number of carboxylic acid groups (broad SMARTS) is 1. The van der Waals surface area contributed by atoms with Crippen LogP contribution in [0.15, 0.2) is 24.3 Å². The van der Waals surface area contributed by atoms with E-state index in [1.165, 1.54) is 6.08 Å². The number of hydrogen-bond acceptors (Lipinski definition) is 2. The van der Waals surface area contributed by atoms with Crippen molar-refractivity contribution in [2.45, 2.75) is 20.3 Å². The SMILES string of the molecule is CC(C)CCN(C)c1ccc(/C=C/C(=O)O)c(Cl)c1. The van der Waals surface area contributed by atoms with Crippen LogP contribution in [-0.2, 0) is 4.79 Å². The Labute approximate surface area is 119 Å². The summed E-state index contributed by atoms with van der Waals surface area (Å²) >= 11 is 6.15. The minimum Gasteiger partial charge on any atom is -0.478 e. The molecule has 0 aliphatic carbocycles. The van der Waals surface area contributed by atoms with E-state index in [4.69, 9.17) is 16.7 Å². The maximum Gasteiger partial charge on any atom is 0.328 e. The molecule has 1 rings (SSSR count). The molecule has 0 unspecified atom stereocenters. The monoisotopic (exact) mass is 281 g/mol. The van der Waals surface area contributed by atoms with Crippen LogP contribution in [0.1, 0.15) is 25.8 Å². The van der Waals surface area contributed by atoms with Gasteiger partial charge in [0.1, 0.15) is 0 Å². The summed E-state index contributed by atoms with van der Waals surface area (Å²) < 4.78 is 0. The van der Waals surface area contributed by atoms with E-state index >= 15 is 0 Å². The lowest BCUT2D eigenvalue weighted by atomic mass is 10.1. The Morgan fingerprint density at radius 3 is 2.68 bits per heavy atom. The number of carbonyl (C=O) groups is 1. The van der Waals surface area contributed by atoms with E-state index in [2.05, 4.69) is 18.7 Å². The van der Waals surface area contributed by atoms with Gasteiger partial charge in [-0.3, -0.25) is 0 Å². The Kier molecular flexibility index (Phi) is 5.90. The first-order chi connectivity index (χ1) is 8.90. The molecule has 0 saturated heterocycles. The van der Waals surface area contributed by atoms with Crippen LogP contribution < -0.4 is 4.90 Å². The quantitative estimate of drug-likeness (QED) is 0.804. The van der Waals surface area contributed by atoms with Crippen molar-refractivity contribution in [1.82, 2.24) is 0 Å². The lowest BCUT2D eigenvalue weighted by Crippen LogP contribution is -2.19. The highest BCUT2D eigenvalue weighted by atomic mass is 35.5. The molecule has 4 heteroatoms. The van der Waals surface area contributed by atoms with Crippen molar-refractivity contribution in [2.24, 2.45) is 5.92 Å². The molecule has 1 aromatic carbocycles. The van der Waals surface area contributed by atoms with Crippen LogP contribution in [0, 0.1) is 5.92 Å². The Morgan fingerprint density at radius 1 is 1.47 bits per heavy atom. The zero-order valence-electron chi connectivity index (χ0n) is 11.6. The average molecular weight is 282 g/mol. The fourth-order valence-corrected chi connectivity index (χ4v) is 1.87. The highest BCUT2D eigenvalue weighted by Crippen LogP contribution is 2.24. The van der Waals surface area contributed by atoms with E-state index in [-0.39, 0.29) is 0 Å². The Balaban J connectivity index is 2.78. The van der Waals surface area contributed by atoms with Gasteiger partial charge in [0.2, 0.25) is 0 Å². The molecule has 3 nitrogen and oxygen atoms in total. The minimum atomic E-state index is -0.978. The molecule has 0 heterocycles. The molecule has 0 aromatic heterocycles. The first-order valence-electron chi connectivity index (χ1n) is 6.32. The second-order valence-electron chi connectivity index (χ2n) is 4.98. The van der Waals surface area contributed by atoms with Crippen molar-refractivity contribution in [1.29, 1.82) is 0 Å². The fourth-order valence-electron chi connectivity index (χ4n) is 1.63. The molecule has 104 valence electrons. The zero-order chi connectivity index (χ0) is 14.4. The predicted octanol–water partition coefficient (Wildman–Crippen LogP) is 3.92. The number of nitrogens with zero attached hydrogens (tertiary/aromatic N) is 1. The minimum absolute atomic E-state index is 0.561. The molecule has 1 N–H and O–H groups in total. The summed E-state index contributed by atoms with van der Waals surface area (Å²) in [6.07, 6.45) is 3.71. The second kappa shape index (κ2) is 7.19. The number of hydrogen-bond donors (Lipinski definition) is 1. The third-order valence-electron chi connectivity index (χ3n) is 2.87. The molecule has 0 bridgehead atoms. The molecule has 19 heavy (non-hydrogen) atoms. The van der Waals surface area contributed by atoms with E-state index in [1.807, 2.05) is 25.2 Å². The van der Waals surface area contributed by atoms with Crippen molar-refractivity contribution in [3.63, 3.8) is 0 Å². The van der Waals surface area contributed by atoms with Gasteiger partial charge < -0.3 is 10.0 Å². The maximum atomic E-state index is 10.5. The van der Waals surface area contributed by atoms with Gasteiger partial charge in [0.15, 0.2) is 0 Å². The maximum absolute atomic E-state index is 10.5. The van der Waals surface area contributed by atoms with Gasteiger partial charge in [-0.25, -0.2) is 4.79 Å². The highest BCUT2D eigenvalue weighted by molar-refractivity contribution is 6.32. The van der Waals surface area contributed by atoms with Gasteiger partial charge >= 0.3 is 5.97 Å². The van der Waals surface area contributed by atoms with E-state index in [1.54, 1.807) is 0 Å². The molecule has 0 fully saturated rings. The smallest absolute Gasteiger partial charge is 0.328 e. The fraction of sp³-hybridized carbons (Fsp3) is 0.400. The summed E-state index contributed by atoms with van der Waals surface area (Å²) in [4.78, 5) is 12.6. The van der Waals surface area contributed by atoms with Crippen LogP contribution in [0.5, 0.6) is 0 Å². The van der Waals surface area contributed by atoms with Crippen molar-refractivity contribution < 1.29 is 9.90 Å². The Hall–Kier alpha value is -1.48. The van der Waals surface area contributed by atoms with Crippen LogP contribution in [0.25, 0.3) is 6.08 Å². The van der Waals surface area contributed by atoms with Crippen LogP contribution in [0.3, 0.4) is 0 Å². The van der Waals surface area contributed by atoms with Gasteiger partial charge in [-0.15, -0.1) is 0 Å². The summed E-state index contributed by atoms with van der Waals surface area (Å²) in [6, 6.07) is 5.65. The molecular weight excluding hydrogens is 262 g/mol. The zero-order valence-corrected chi connectivity index (χ0v) is 12.3. The van der Waals surface area contributed by atoms with Gasteiger partial charge in [-0.1, -0.05) is 31.5 Å². The summed E-state index contributed by atoms with van der Waals surface area (Å²) in [6.45, 7) is 5.36. The second-order valence-corrected chi connectivity index (χ2v) is 5.39. The molecule has 0 radical (unpaired) electrons.